The quantitative estimate of drug-likeness (QED) is 0.0587. The summed E-state index contributed by atoms with van der Waals surface area (Å²) >= 11 is 0. The number of guanidine groups is 1. The molecule has 1 saturated heterocycles. The molecule has 9 N–H and O–H groups in total. The lowest BCUT2D eigenvalue weighted by molar-refractivity contribution is -0.320. The number of nitrogens with two attached hydrogens (primary N) is 1. The van der Waals surface area contributed by atoms with Gasteiger partial charge in [0.05, 0.1) is 19.3 Å². The van der Waals surface area contributed by atoms with E-state index < -0.39 is 60.2 Å². The van der Waals surface area contributed by atoms with Gasteiger partial charge in [0.1, 0.15) is 36.1 Å². The SMILES string of the molecule is CN=C(N)NCOc1cc(C(=O)O)ccc1O[C@H]1O[C@@]2(CCc3c(OC)c(O)c(OCCc4ccccc4)c(O)c3C(=O)OC2)[C@@H](O)[C@H](O)[C@H]1O. The first-order chi connectivity index (χ1) is 24.4. The molecule has 5 atom stereocenters. The van der Waals surface area contributed by atoms with Crippen LogP contribution in [-0.2, 0) is 22.3 Å². The number of aliphatic imine (C=N–C) groups is 1. The van der Waals surface area contributed by atoms with Gasteiger partial charge in [-0.2, -0.15) is 0 Å². The van der Waals surface area contributed by atoms with E-state index >= 15 is 0 Å². The number of cyclic esters (lactones) is 1. The molecule has 1 spiro atoms. The second-order valence-corrected chi connectivity index (χ2v) is 11.7. The summed E-state index contributed by atoms with van der Waals surface area (Å²) < 4.78 is 34.2. The van der Waals surface area contributed by atoms with Gasteiger partial charge in [-0.05, 0) is 36.6 Å². The van der Waals surface area contributed by atoms with Gasteiger partial charge < -0.3 is 70.1 Å². The van der Waals surface area contributed by atoms with E-state index in [0.29, 0.717) is 6.42 Å². The first-order valence-electron chi connectivity index (χ1n) is 15.7. The molecule has 0 radical (unpaired) electrons. The molecule has 0 aliphatic carbocycles. The maximum absolute atomic E-state index is 13.5. The number of phenolic OH excluding ortho intramolecular Hbond substituents is 2. The number of methoxy groups -OCH3 is 1. The summed E-state index contributed by atoms with van der Waals surface area (Å²) in [5, 5.41) is 67.5. The Kier molecular flexibility index (Phi) is 11.2. The summed E-state index contributed by atoms with van der Waals surface area (Å²) in [6.07, 6.45) is -7.28. The number of phenols is 2. The fourth-order valence-corrected chi connectivity index (χ4v) is 5.82. The van der Waals surface area contributed by atoms with E-state index in [4.69, 9.17) is 34.2 Å². The zero-order valence-corrected chi connectivity index (χ0v) is 27.6. The minimum Gasteiger partial charge on any atom is -0.504 e. The van der Waals surface area contributed by atoms with Gasteiger partial charge in [0, 0.05) is 19.0 Å². The lowest BCUT2D eigenvalue weighted by Crippen LogP contribution is -2.67. The van der Waals surface area contributed by atoms with Crippen LogP contribution in [0.3, 0.4) is 0 Å². The molecule has 0 aromatic heterocycles. The van der Waals surface area contributed by atoms with Crippen LogP contribution in [0.5, 0.6) is 34.5 Å². The van der Waals surface area contributed by atoms with Crippen molar-refractivity contribution in [1.29, 1.82) is 0 Å². The average Bonchev–Trinajstić information content (AvgIpc) is 3.12. The zero-order chi connectivity index (χ0) is 36.9. The second kappa shape index (κ2) is 15.6. The highest BCUT2D eigenvalue weighted by Crippen LogP contribution is 2.51. The van der Waals surface area contributed by atoms with Crippen molar-refractivity contribution in [2.75, 3.05) is 34.1 Å². The smallest absolute Gasteiger partial charge is 0.342 e. The summed E-state index contributed by atoms with van der Waals surface area (Å²) in [5.74, 6) is -4.41. The lowest BCUT2D eigenvalue weighted by Gasteiger charge is -2.48. The normalized spacial score (nSPS) is 23.3. The Labute approximate surface area is 291 Å². The van der Waals surface area contributed by atoms with Gasteiger partial charge in [0.15, 0.2) is 35.7 Å². The number of ether oxygens (including phenoxy) is 6. The number of aliphatic hydroxyl groups excluding tert-OH is 3. The van der Waals surface area contributed by atoms with Gasteiger partial charge in [-0.1, -0.05) is 30.3 Å². The summed E-state index contributed by atoms with van der Waals surface area (Å²) in [5.41, 5.74) is 4.15. The monoisotopic (exact) mass is 713 g/mol. The van der Waals surface area contributed by atoms with E-state index in [2.05, 4.69) is 10.3 Å². The molecule has 0 amide bonds. The first-order valence-corrected chi connectivity index (χ1v) is 15.7. The Hall–Kier alpha value is -5.49. The van der Waals surface area contributed by atoms with E-state index in [-0.39, 0.29) is 71.8 Å². The molecule has 0 unspecified atom stereocenters. The van der Waals surface area contributed by atoms with Gasteiger partial charge >= 0.3 is 11.9 Å². The summed E-state index contributed by atoms with van der Waals surface area (Å²) in [6, 6.07) is 12.9. The fraction of sp³-hybridized carbons (Fsp3) is 0.382. The first kappa shape index (κ1) is 36.8. The van der Waals surface area contributed by atoms with Crippen LogP contribution in [0.2, 0.25) is 0 Å². The van der Waals surface area contributed by atoms with Crippen LogP contribution in [0.4, 0.5) is 0 Å². The van der Waals surface area contributed by atoms with Crippen LogP contribution in [0.25, 0.3) is 0 Å². The predicted molar refractivity (Wildman–Crippen MR) is 176 cm³/mol. The number of carbonyl (C=O) groups excluding carboxylic acids is 1. The number of hydrogen-bond acceptors (Lipinski definition) is 14. The minimum absolute atomic E-state index is 0.00296. The van der Waals surface area contributed by atoms with Crippen molar-refractivity contribution in [3.05, 3.63) is 70.8 Å². The molecule has 3 aromatic rings. The number of aromatic carboxylic acids is 1. The molecule has 17 heteroatoms. The van der Waals surface area contributed by atoms with Crippen LogP contribution in [0, 0.1) is 0 Å². The Bertz CT molecular complexity index is 1770. The number of carbonyl (C=O) groups is 2. The topological polar surface area (TPSA) is 261 Å². The van der Waals surface area contributed by atoms with Crippen LogP contribution in [0.1, 0.15) is 38.3 Å². The molecule has 2 heterocycles. The van der Waals surface area contributed by atoms with Gasteiger partial charge in [0.25, 0.3) is 0 Å². The van der Waals surface area contributed by atoms with Crippen LogP contribution in [0.15, 0.2) is 53.5 Å². The highest BCUT2D eigenvalue weighted by atomic mass is 16.7. The standard InChI is InChI=1S/C34H39N3O14/c1-36-33(35)37-16-49-21-14-18(30(43)44)8-9-20(21)50-32-25(40)24(39)29(42)34(51-32)12-10-19-22(31(45)48-15-34)23(38)28(26(41)27(19)46-2)47-13-11-17-6-4-3-5-7-17/h3-9,14,24-25,29,32,38-42H,10-13,15-16H2,1-2H3,(H,43,44)(H3,35,36,37)/t24-,25-,29+,32+,34-/m1/s1. The zero-order valence-electron chi connectivity index (χ0n) is 27.6. The third-order valence-electron chi connectivity index (χ3n) is 8.59. The number of aromatic hydroxyl groups is 2. The van der Waals surface area contributed by atoms with E-state index in [1.807, 2.05) is 30.3 Å². The Morgan fingerprint density at radius 3 is 2.47 bits per heavy atom. The number of hydrogen-bond donors (Lipinski definition) is 8. The van der Waals surface area contributed by atoms with Crippen LogP contribution < -0.4 is 30.0 Å². The number of nitrogens with zero attached hydrogens (tertiary/aromatic N) is 1. The minimum atomic E-state index is -1.91. The molecule has 0 saturated carbocycles. The second-order valence-electron chi connectivity index (χ2n) is 11.7. The molecule has 2 aliphatic heterocycles. The van der Waals surface area contributed by atoms with E-state index in [1.165, 1.54) is 26.3 Å². The highest BCUT2D eigenvalue weighted by molar-refractivity contribution is 5.97. The number of esters is 1. The Morgan fingerprint density at radius 2 is 1.78 bits per heavy atom. The molecule has 0 bridgehead atoms. The van der Waals surface area contributed by atoms with Gasteiger partial charge in [-0.15, -0.1) is 0 Å². The van der Waals surface area contributed by atoms with Crippen molar-refractivity contribution in [3.8, 4) is 34.5 Å². The van der Waals surface area contributed by atoms with Crippen LogP contribution >= 0.6 is 0 Å². The summed E-state index contributed by atoms with van der Waals surface area (Å²) in [6.45, 7) is -0.904. The van der Waals surface area contributed by atoms with E-state index in [1.54, 1.807) is 0 Å². The van der Waals surface area contributed by atoms with Gasteiger partial charge in [-0.25, -0.2) is 9.59 Å². The number of carboxylic acid groups (broad SMARTS) is 1. The lowest BCUT2D eigenvalue weighted by atomic mass is 9.81. The maximum Gasteiger partial charge on any atom is 0.342 e. The Morgan fingerprint density at radius 1 is 1.04 bits per heavy atom. The van der Waals surface area contributed by atoms with Gasteiger partial charge in [0.2, 0.25) is 17.8 Å². The van der Waals surface area contributed by atoms with Crippen molar-refractivity contribution < 1.29 is 68.6 Å². The maximum atomic E-state index is 13.5. The third-order valence-corrected chi connectivity index (χ3v) is 8.59. The predicted octanol–water partition coefficient (Wildman–Crippen LogP) is 0.656. The Balaban J connectivity index is 1.42. The van der Waals surface area contributed by atoms with Crippen LogP contribution in [-0.4, -0.2) is 113 Å². The van der Waals surface area contributed by atoms with Crippen molar-refractivity contribution in [2.24, 2.45) is 10.7 Å². The van der Waals surface area contributed by atoms with Gasteiger partial charge in [-0.3, -0.25) is 4.99 Å². The molecule has 3 aromatic carbocycles. The van der Waals surface area contributed by atoms with E-state index in [0.717, 1.165) is 11.6 Å². The molecular weight excluding hydrogens is 674 g/mol. The average molecular weight is 714 g/mol. The molecule has 5 rings (SSSR count). The number of rotatable bonds is 11. The van der Waals surface area contributed by atoms with E-state index in [9.17, 15) is 40.2 Å². The highest BCUT2D eigenvalue weighted by Gasteiger charge is 2.56. The molecule has 1 fully saturated rings. The number of aliphatic hydroxyl groups is 3. The van der Waals surface area contributed by atoms with Crippen molar-refractivity contribution >= 4 is 17.9 Å². The number of carboxylic acids is 1. The van der Waals surface area contributed by atoms with Crippen molar-refractivity contribution in [2.45, 2.75) is 49.5 Å². The molecule has 51 heavy (non-hydrogen) atoms. The number of benzene rings is 3. The van der Waals surface area contributed by atoms with Crippen molar-refractivity contribution in [3.63, 3.8) is 0 Å². The molecule has 17 nitrogen and oxygen atoms in total. The third kappa shape index (κ3) is 7.65. The van der Waals surface area contributed by atoms with Crippen molar-refractivity contribution in [1.82, 2.24) is 5.32 Å². The molecular formula is C34H39N3O14. The largest absolute Gasteiger partial charge is 0.504 e. The molecule has 2 aliphatic rings. The summed E-state index contributed by atoms with van der Waals surface area (Å²) in [4.78, 5) is 28.9. The number of nitrogens with one attached hydrogen (secondary N) is 1. The number of fused-ring (bicyclic) bond motifs is 1. The fourth-order valence-electron chi connectivity index (χ4n) is 5.82. The summed E-state index contributed by atoms with van der Waals surface area (Å²) in [7, 11) is 2.68. The molecule has 274 valence electrons.